The van der Waals surface area contributed by atoms with Crippen molar-refractivity contribution in [3.8, 4) is 0 Å². The summed E-state index contributed by atoms with van der Waals surface area (Å²) >= 11 is 0. The average Bonchev–Trinajstić information content (AvgIpc) is 3.00. The summed E-state index contributed by atoms with van der Waals surface area (Å²) in [4.78, 5) is 50.8. The topological polar surface area (TPSA) is 122 Å². The number of fused-ring (bicyclic) bond motifs is 1. The first-order valence-corrected chi connectivity index (χ1v) is 10.3. The minimum Gasteiger partial charge on any atom is -0.326 e. The highest BCUT2D eigenvalue weighted by Gasteiger charge is 2.45. The first kappa shape index (κ1) is 20.9. The Morgan fingerprint density at radius 1 is 1.06 bits per heavy atom. The van der Waals surface area contributed by atoms with Crippen LogP contribution in [0.2, 0.25) is 0 Å². The first-order valence-electron chi connectivity index (χ1n) is 10.3. The minimum absolute atomic E-state index is 0.0887. The van der Waals surface area contributed by atoms with Crippen molar-refractivity contribution in [3.63, 3.8) is 0 Å². The molecule has 2 aliphatic rings. The van der Waals surface area contributed by atoms with E-state index in [-0.39, 0.29) is 30.5 Å². The second kappa shape index (κ2) is 8.41. The molecule has 3 unspecified atom stereocenters. The SMILES string of the molecule is CC(N)C(NCc1cccc2c1C(=O)N(C1CCC(=O)NC1=O)C2=O)c1ccccc1. The van der Waals surface area contributed by atoms with Crippen LogP contribution in [0.1, 0.15) is 57.7 Å². The first-order chi connectivity index (χ1) is 14.9. The van der Waals surface area contributed by atoms with Crippen LogP contribution in [0, 0.1) is 0 Å². The van der Waals surface area contributed by atoms with Crippen molar-refractivity contribution in [2.75, 3.05) is 0 Å². The second-order valence-corrected chi connectivity index (χ2v) is 7.92. The molecule has 8 nitrogen and oxygen atoms in total. The Morgan fingerprint density at radius 3 is 2.48 bits per heavy atom. The maximum absolute atomic E-state index is 13.2. The standard InChI is InChI=1S/C23H24N4O4/c1-13(24)20(14-6-3-2-4-7-14)25-12-15-8-5-9-16-19(15)23(31)27(22(16)30)17-10-11-18(28)26-21(17)29/h2-9,13,17,20,25H,10-12,24H2,1H3,(H,26,28,29). The summed E-state index contributed by atoms with van der Waals surface area (Å²) < 4.78 is 0. The summed E-state index contributed by atoms with van der Waals surface area (Å²) in [5.41, 5.74) is 8.42. The van der Waals surface area contributed by atoms with Crippen LogP contribution in [0.25, 0.3) is 0 Å². The molecule has 1 fully saturated rings. The lowest BCUT2D eigenvalue weighted by atomic mass is 9.99. The van der Waals surface area contributed by atoms with Gasteiger partial charge in [0.05, 0.1) is 11.1 Å². The molecule has 0 radical (unpaired) electrons. The lowest BCUT2D eigenvalue weighted by Gasteiger charge is -2.28. The molecular weight excluding hydrogens is 396 g/mol. The third kappa shape index (κ3) is 3.87. The maximum Gasteiger partial charge on any atom is 0.262 e. The van der Waals surface area contributed by atoms with E-state index in [4.69, 9.17) is 5.73 Å². The van der Waals surface area contributed by atoms with Gasteiger partial charge in [-0.25, -0.2) is 0 Å². The Bertz CT molecular complexity index is 1050. The monoisotopic (exact) mass is 420 g/mol. The Morgan fingerprint density at radius 2 is 1.81 bits per heavy atom. The van der Waals surface area contributed by atoms with Gasteiger partial charge in [0.15, 0.2) is 0 Å². The molecule has 4 rings (SSSR count). The van der Waals surface area contributed by atoms with Gasteiger partial charge < -0.3 is 11.1 Å². The van der Waals surface area contributed by atoms with E-state index in [1.165, 1.54) is 0 Å². The molecule has 0 bridgehead atoms. The molecule has 2 heterocycles. The lowest BCUT2D eigenvalue weighted by Crippen LogP contribution is -2.54. The van der Waals surface area contributed by atoms with Gasteiger partial charge in [-0.1, -0.05) is 42.5 Å². The normalized spacial score (nSPS) is 20.5. The molecule has 1 saturated heterocycles. The molecule has 160 valence electrons. The van der Waals surface area contributed by atoms with Crippen molar-refractivity contribution >= 4 is 23.6 Å². The third-order valence-corrected chi connectivity index (χ3v) is 5.75. The Labute approximate surface area is 179 Å². The lowest BCUT2D eigenvalue weighted by molar-refractivity contribution is -0.136. The smallest absolute Gasteiger partial charge is 0.262 e. The van der Waals surface area contributed by atoms with Crippen molar-refractivity contribution in [1.29, 1.82) is 0 Å². The van der Waals surface area contributed by atoms with E-state index >= 15 is 0 Å². The highest BCUT2D eigenvalue weighted by molar-refractivity contribution is 6.24. The molecular formula is C23H24N4O4. The fraction of sp³-hybridized carbons (Fsp3) is 0.304. The highest BCUT2D eigenvalue weighted by Crippen LogP contribution is 2.30. The van der Waals surface area contributed by atoms with Crippen LogP contribution in [0.4, 0.5) is 0 Å². The van der Waals surface area contributed by atoms with Crippen LogP contribution in [-0.2, 0) is 16.1 Å². The van der Waals surface area contributed by atoms with Crippen molar-refractivity contribution in [2.45, 2.75) is 44.4 Å². The van der Waals surface area contributed by atoms with Crippen LogP contribution in [0.3, 0.4) is 0 Å². The molecule has 4 amide bonds. The summed E-state index contributed by atoms with van der Waals surface area (Å²) in [5.74, 6) is -2.04. The molecule has 8 heteroatoms. The number of benzene rings is 2. The van der Waals surface area contributed by atoms with E-state index in [2.05, 4.69) is 10.6 Å². The van der Waals surface area contributed by atoms with Gasteiger partial charge in [0.25, 0.3) is 11.8 Å². The average molecular weight is 420 g/mol. The number of imide groups is 2. The molecule has 2 aromatic rings. The Balaban J connectivity index is 1.59. The van der Waals surface area contributed by atoms with Gasteiger partial charge in [-0.3, -0.25) is 29.4 Å². The van der Waals surface area contributed by atoms with E-state index in [0.717, 1.165) is 10.5 Å². The zero-order chi connectivity index (χ0) is 22.1. The molecule has 31 heavy (non-hydrogen) atoms. The highest BCUT2D eigenvalue weighted by atomic mass is 16.2. The van der Waals surface area contributed by atoms with E-state index in [1.54, 1.807) is 18.2 Å². The van der Waals surface area contributed by atoms with Gasteiger partial charge in [0, 0.05) is 25.0 Å². The molecule has 4 N–H and O–H groups in total. The van der Waals surface area contributed by atoms with E-state index in [0.29, 0.717) is 17.7 Å². The van der Waals surface area contributed by atoms with Gasteiger partial charge in [0.2, 0.25) is 11.8 Å². The van der Waals surface area contributed by atoms with E-state index in [9.17, 15) is 19.2 Å². The molecule has 0 aromatic heterocycles. The van der Waals surface area contributed by atoms with Crippen LogP contribution < -0.4 is 16.4 Å². The summed E-state index contributed by atoms with van der Waals surface area (Å²) in [5, 5.41) is 5.60. The van der Waals surface area contributed by atoms with Gasteiger partial charge in [-0.05, 0) is 30.5 Å². The van der Waals surface area contributed by atoms with Crippen LogP contribution >= 0.6 is 0 Å². The number of piperidine rings is 1. The Kier molecular flexibility index (Phi) is 5.67. The molecule has 0 spiro atoms. The number of carbonyl (C=O) groups is 4. The molecule has 0 saturated carbocycles. The fourth-order valence-corrected chi connectivity index (χ4v) is 4.22. The van der Waals surface area contributed by atoms with Gasteiger partial charge in [0.1, 0.15) is 6.04 Å². The van der Waals surface area contributed by atoms with Crippen molar-refractivity contribution in [3.05, 3.63) is 70.8 Å². The van der Waals surface area contributed by atoms with Crippen molar-refractivity contribution in [1.82, 2.24) is 15.5 Å². The number of nitrogens with one attached hydrogen (secondary N) is 2. The molecule has 2 aliphatic heterocycles. The molecule has 3 atom stereocenters. The molecule has 2 aromatic carbocycles. The number of rotatable bonds is 6. The molecule has 0 aliphatic carbocycles. The number of nitrogens with zero attached hydrogens (tertiary/aromatic N) is 1. The quantitative estimate of drug-likeness (QED) is 0.605. The predicted molar refractivity (Wildman–Crippen MR) is 113 cm³/mol. The van der Waals surface area contributed by atoms with E-state index < -0.39 is 29.7 Å². The summed E-state index contributed by atoms with van der Waals surface area (Å²) in [7, 11) is 0. The summed E-state index contributed by atoms with van der Waals surface area (Å²) in [6, 6.07) is 13.6. The van der Waals surface area contributed by atoms with Crippen molar-refractivity contribution < 1.29 is 19.2 Å². The minimum atomic E-state index is -0.980. The van der Waals surface area contributed by atoms with Crippen LogP contribution in [-0.4, -0.2) is 40.6 Å². The predicted octanol–water partition coefficient (Wildman–Crippen LogP) is 1.27. The number of amides is 4. The van der Waals surface area contributed by atoms with Gasteiger partial charge >= 0.3 is 0 Å². The van der Waals surface area contributed by atoms with Crippen LogP contribution in [0.15, 0.2) is 48.5 Å². The van der Waals surface area contributed by atoms with Gasteiger partial charge in [-0.2, -0.15) is 0 Å². The number of carbonyl (C=O) groups excluding carboxylic acids is 4. The Hall–Kier alpha value is -3.36. The zero-order valence-corrected chi connectivity index (χ0v) is 17.1. The number of nitrogens with two attached hydrogens (primary N) is 1. The second-order valence-electron chi connectivity index (χ2n) is 7.92. The van der Waals surface area contributed by atoms with Gasteiger partial charge in [-0.15, -0.1) is 0 Å². The number of hydrogen-bond donors (Lipinski definition) is 3. The summed E-state index contributed by atoms with van der Waals surface area (Å²) in [6.07, 6.45) is 0.218. The third-order valence-electron chi connectivity index (χ3n) is 5.75. The van der Waals surface area contributed by atoms with Crippen molar-refractivity contribution in [2.24, 2.45) is 5.73 Å². The number of hydrogen-bond acceptors (Lipinski definition) is 6. The van der Waals surface area contributed by atoms with E-state index in [1.807, 2.05) is 37.3 Å². The largest absolute Gasteiger partial charge is 0.326 e. The fourth-order valence-electron chi connectivity index (χ4n) is 4.22. The van der Waals surface area contributed by atoms with Crippen LogP contribution in [0.5, 0.6) is 0 Å². The summed E-state index contributed by atoms with van der Waals surface area (Å²) in [6.45, 7) is 2.23. The maximum atomic E-state index is 13.2. The zero-order valence-electron chi connectivity index (χ0n) is 17.1.